The number of amides is 1. The minimum Gasteiger partial charge on any atom is -0.269 e. The molecule has 0 rings (SSSR count). The molecule has 0 aliphatic rings. The first-order valence-corrected chi connectivity index (χ1v) is 4.98. The molecule has 1 amide bonds. The summed E-state index contributed by atoms with van der Waals surface area (Å²) >= 11 is 0. The van der Waals surface area contributed by atoms with Crippen LogP contribution in [0.1, 0.15) is 13.3 Å². The van der Waals surface area contributed by atoms with Crippen LogP contribution in [0.4, 0.5) is 13.2 Å². The summed E-state index contributed by atoms with van der Waals surface area (Å²) in [6, 6.07) is 0. The van der Waals surface area contributed by atoms with Crippen LogP contribution in [0.5, 0.6) is 0 Å². The summed E-state index contributed by atoms with van der Waals surface area (Å²) in [5, 5.41) is 0. The second-order valence-electron chi connectivity index (χ2n) is 2.23. The third kappa shape index (κ3) is 3.77. The standard InChI is InChI=1S/C6H8F3NO3S/c1-2-3-4-5(11)10-14(12,13)6(7,8)9/h3-4H,2H2,1H3,(H,10,11)/b4-3+. The number of hydrogen-bond donors (Lipinski definition) is 1. The first-order valence-electron chi connectivity index (χ1n) is 3.50. The van der Waals surface area contributed by atoms with Crippen molar-refractivity contribution in [2.45, 2.75) is 18.9 Å². The Morgan fingerprint density at radius 1 is 1.43 bits per heavy atom. The molecule has 0 spiro atoms. The molecule has 0 saturated heterocycles. The third-order valence-corrected chi connectivity index (χ3v) is 2.12. The normalized spacial score (nSPS) is 13.1. The SMILES string of the molecule is CC/C=C/C(=O)NS(=O)(=O)C(F)(F)F. The van der Waals surface area contributed by atoms with Gasteiger partial charge in [0.15, 0.2) is 0 Å². The van der Waals surface area contributed by atoms with E-state index in [9.17, 15) is 26.4 Å². The van der Waals surface area contributed by atoms with Crippen molar-refractivity contribution < 1.29 is 26.4 Å². The number of alkyl halides is 3. The minimum absolute atomic E-state index is 0.416. The van der Waals surface area contributed by atoms with E-state index >= 15 is 0 Å². The summed E-state index contributed by atoms with van der Waals surface area (Å²) < 4.78 is 56.6. The van der Waals surface area contributed by atoms with E-state index in [0.29, 0.717) is 6.42 Å². The van der Waals surface area contributed by atoms with Crippen LogP contribution in [0, 0.1) is 0 Å². The summed E-state index contributed by atoms with van der Waals surface area (Å²) in [5.74, 6) is -1.32. The fourth-order valence-electron chi connectivity index (χ4n) is 0.449. The van der Waals surface area contributed by atoms with Gasteiger partial charge in [0.05, 0.1) is 0 Å². The Labute approximate surface area is 78.8 Å². The molecule has 0 heterocycles. The fraction of sp³-hybridized carbons (Fsp3) is 0.500. The van der Waals surface area contributed by atoms with Gasteiger partial charge in [-0.1, -0.05) is 13.0 Å². The Bertz CT molecular complexity index is 331. The molecule has 0 aromatic heterocycles. The van der Waals surface area contributed by atoms with E-state index < -0.39 is 21.4 Å². The Balaban J connectivity index is 4.55. The predicted molar refractivity (Wildman–Crippen MR) is 42.5 cm³/mol. The molecule has 0 bridgehead atoms. The molecule has 4 nitrogen and oxygen atoms in total. The van der Waals surface area contributed by atoms with Crippen molar-refractivity contribution in [3.8, 4) is 0 Å². The van der Waals surface area contributed by atoms with Crippen LogP contribution in [0.25, 0.3) is 0 Å². The maximum Gasteiger partial charge on any atom is 0.516 e. The summed E-state index contributed by atoms with van der Waals surface area (Å²) in [7, 11) is -5.58. The molecule has 8 heteroatoms. The van der Waals surface area contributed by atoms with Crippen LogP contribution in [-0.4, -0.2) is 19.8 Å². The van der Waals surface area contributed by atoms with Crippen molar-refractivity contribution in [3.05, 3.63) is 12.2 Å². The Kier molecular flexibility index (Phi) is 4.11. The highest BCUT2D eigenvalue weighted by molar-refractivity contribution is 7.90. The van der Waals surface area contributed by atoms with E-state index in [1.807, 2.05) is 0 Å². The van der Waals surface area contributed by atoms with Gasteiger partial charge in [0.1, 0.15) is 0 Å². The number of carbonyl (C=O) groups excluding carboxylic acids is 1. The summed E-state index contributed by atoms with van der Waals surface area (Å²) in [5.41, 5.74) is -5.47. The zero-order chi connectivity index (χ0) is 11.4. The van der Waals surface area contributed by atoms with Gasteiger partial charge in [-0.25, -0.2) is 4.72 Å². The van der Waals surface area contributed by atoms with Gasteiger partial charge in [-0.15, -0.1) is 0 Å². The molecule has 0 saturated carbocycles. The number of allylic oxidation sites excluding steroid dienone is 1. The fourth-order valence-corrected chi connectivity index (χ4v) is 0.898. The van der Waals surface area contributed by atoms with Crippen molar-refractivity contribution >= 4 is 15.9 Å². The lowest BCUT2D eigenvalue weighted by Crippen LogP contribution is -2.39. The van der Waals surface area contributed by atoms with Crippen LogP contribution in [-0.2, 0) is 14.8 Å². The molecule has 0 unspecified atom stereocenters. The first-order chi connectivity index (χ1) is 6.20. The molecule has 0 aliphatic heterocycles. The molecule has 0 aromatic rings. The van der Waals surface area contributed by atoms with Gasteiger partial charge in [-0.05, 0) is 12.5 Å². The quantitative estimate of drug-likeness (QED) is 0.734. The molecular weight excluding hydrogens is 223 g/mol. The Morgan fingerprint density at radius 3 is 2.29 bits per heavy atom. The third-order valence-electron chi connectivity index (χ3n) is 1.04. The van der Waals surface area contributed by atoms with E-state index in [1.165, 1.54) is 6.08 Å². The maximum absolute atomic E-state index is 11.7. The average molecular weight is 231 g/mol. The van der Waals surface area contributed by atoms with Crippen LogP contribution < -0.4 is 4.72 Å². The topological polar surface area (TPSA) is 63.2 Å². The summed E-state index contributed by atoms with van der Waals surface area (Å²) in [6.07, 6.45) is 2.38. The van der Waals surface area contributed by atoms with Crippen molar-refractivity contribution in [1.82, 2.24) is 4.72 Å². The van der Waals surface area contributed by atoms with Gasteiger partial charge >= 0.3 is 15.5 Å². The number of nitrogens with one attached hydrogen (secondary N) is 1. The van der Waals surface area contributed by atoms with Gasteiger partial charge in [0.25, 0.3) is 5.91 Å². The molecular formula is C6H8F3NO3S. The molecule has 0 aromatic carbocycles. The number of hydrogen-bond acceptors (Lipinski definition) is 3. The van der Waals surface area contributed by atoms with E-state index in [-0.39, 0.29) is 0 Å². The van der Waals surface area contributed by atoms with Gasteiger partial charge < -0.3 is 0 Å². The van der Waals surface area contributed by atoms with Gasteiger partial charge in [-0.3, -0.25) is 4.79 Å². The van der Waals surface area contributed by atoms with Crippen LogP contribution in [0.15, 0.2) is 12.2 Å². The lowest BCUT2D eigenvalue weighted by atomic mass is 10.4. The smallest absolute Gasteiger partial charge is 0.269 e. The largest absolute Gasteiger partial charge is 0.516 e. The van der Waals surface area contributed by atoms with Crippen LogP contribution in [0.3, 0.4) is 0 Å². The zero-order valence-electron chi connectivity index (χ0n) is 7.13. The Hall–Kier alpha value is -1.05. The number of rotatable bonds is 3. The van der Waals surface area contributed by atoms with E-state index in [1.54, 1.807) is 6.92 Å². The second-order valence-corrected chi connectivity index (χ2v) is 3.90. The van der Waals surface area contributed by atoms with Crippen LogP contribution >= 0.6 is 0 Å². The molecule has 0 aliphatic carbocycles. The van der Waals surface area contributed by atoms with E-state index in [2.05, 4.69) is 0 Å². The van der Waals surface area contributed by atoms with E-state index in [0.717, 1.165) is 10.8 Å². The summed E-state index contributed by atoms with van der Waals surface area (Å²) in [6.45, 7) is 1.64. The van der Waals surface area contributed by atoms with Crippen molar-refractivity contribution in [3.63, 3.8) is 0 Å². The van der Waals surface area contributed by atoms with Crippen molar-refractivity contribution in [2.24, 2.45) is 0 Å². The van der Waals surface area contributed by atoms with Gasteiger partial charge in [0, 0.05) is 0 Å². The van der Waals surface area contributed by atoms with Gasteiger partial charge in [0.2, 0.25) is 0 Å². The number of carbonyl (C=O) groups is 1. The molecule has 82 valence electrons. The molecule has 0 atom stereocenters. The molecule has 1 N–H and O–H groups in total. The number of sulfonamides is 1. The van der Waals surface area contributed by atoms with Gasteiger partial charge in [-0.2, -0.15) is 21.6 Å². The predicted octanol–water partition coefficient (Wildman–Crippen LogP) is 0.918. The lowest BCUT2D eigenvalue weighted by Gasteiger charge is -2.07. The lowest BCUT2D eigenvalue weighted by molar-refractivity contribution is -0.115. The van der Waals surface area contributed by atoms with Crippen LogP contribution in [0.2, 0.25) is 0 Å². The summed E-state index contributed by atoms with van der Waals surface area (Å²) in [4.78, 5) is 10.6. The highest BCUT2D eigenvalue weighted by Gasteiger charge is 2.46. The first kappa shape index (κ1) is 12.9. The van der Waals surface area contributed by atoms with Crippen molar-refractivity contribution in [2.75, 3.05) is 0 Å². The Morgan fingerprint density at radius 2 is 1.93 bits per heavy atom. The maximum atomic E-state index is 11.7. The zero-order valence-corrected chi connectivity index (χ0v) is 7.95. The molecule has 0 radical (unpaired) electrons. The monoisotopic (exact) mass is 231 g/mol. The molecule has 14 heavy (non-hydrogen) atoms. The minimum atomic E-state index is -5.58. The van der Waals surface area contributed by atoms with Crippen molar-refractivity contribution in [1.29, 1.82) is 0 Å². The second kappa shape index (κ2) is 4.45. The molecule has 0 fully saturated rings. The highest BCUT2D eigenvalue weighted by atomic mass is 32.2. The van der Waals surface area contributed by atoms with E-state index in [4.69, 9.17) is 0 Å². The number of halogens is 3. The average Bonchev–Trinajstić information content (AvgIpc) is 1.97. The highest BCUT2D eigenvalue weighted by Crippen LogP contribution is 2.21.